The predicted molar refractivity (Wildman–Crippen MR) is 564 cm³/mol. The maximum atomic E-state index is 13.1. The molecule has 18 heteroatoms. The summed E-state index contributed by atoms with van der Waals surface area (Å²) in [5.74, 6) is -1.57. The van der Waals surface area contributed by atoms with Crippen molar-refractivity contribution in [2.75, 3.05) is 39.6 Å². The van der Waals surface area contributed by atoms with Gasteiger partial charge in [-0.25, -0.2) is 9.13 Å². The van der Waals surface area contributed by atoms with Gasteiger partial charge >= 0.3 is 33.6 Å². The maximum Gasteiger partial charge on any atom is 0.472 e. The molecule has 5 atom stereocenters. The SMILES string of the molecule is CC/C=C\C/C=C\C/C=C\C/C=C\C/C=C\C/C=C\CCCCCCCCCCCCCCCCC(=O)OCC(COP(=O)(O)OCC(O)COP(=O)(O)OCC(O)COC(=O)CCCCCCCCCCCCCCCCCCCCC/C=C\C/C=C\C/C=C\C/C=C\C/C=C\CC)OC(=O)CCCCCCCCCCCC/C=C\C/C=C\C/C=C\C/C=C\C/C=C\C/C=C\CC. The number of ether oxygens (including phenoxy) is 3. The zero-order valence-electron chi connectivity index (χ0n) is 84.4. The van der Waals surface area contributed by atoms with Crippen molar-refractivity contribution in [3.63, 3.8) is 0 Å². The molecule has 0 radical (unpaired) electrons. The molecule has 0 aromatic heterocycles. The van der Waals surface area contributed by atoms with Crippen LogP contribution in [0.2, 0.25) is 0 Å². The summed E-state index contributed by atoms with van der Waals surface area (Å²) in [6.45, 7) is 2.41. The summed E-state index contributed by atoms with van der Waals surface area (Å²) in [5, 5.41) is 20.8. The number of aliphatic hydroxyl groups is 2. The summed E-state index contributed by atoms with van der Waals surface area (Å²) < 4.78 is 61.8. The molecular formula is C115H194O16P2. The fourth-order valence-electron chi connectivity index (χ4n) is 14.6. The largest absolute Gasteiger partial charge is 0.472 e. The van der Waals surface area contributed by atoms with E-state index in [0.29, 0.717) is 19.3 Å². The van der Waals surface area contributed by atoms with Gasteiger partial charge in [-0.1, -0.05) is 465 Å². The van der Waals surface area contributed by atoms with Crippen molar-refractivity contribution in [1.29, 1.82) is 0 Å². The van der Waals surface area contributed by atoms with E-state index in [1.165, 1.54) is 193 Å². The fourth-order valence-corrected chi connectivity index (χ4v) is 16.1. The summed E-state index contributed by atoms with van der Waals surface area (Å²) in [7, 11) is -9.83. The Kier molecular flexibility index (Phi) is 100. The third-order valence-corrected chi connectivity index (χ3v) is 24.4. The zero-order chi connectivity index (χ0) is 96.4. The molecule has 0 aliphatic carbocycles. The number of unbranched alkanes of at least 4 members (excludes halogenated alkanes) is 43. The Bertz CT molecular complexity index is 3250. The van der Waals surface area contributed by atoms with Crippen LogP contribution in [0.1, 0.15) is 445 Å². The second kappa shape index (κ2) is 105. The van der Waals surface area contributed by atoms with Gasteiger partial charge in [0, 0.05) is 19.3 Å². The second-order valence-corrected chi connectivity index (χ2v) is 38.2. The summed E-state index contributed by atoms with van der Waals surface area (Å²) >= 11 is 0. The second-order valence-electron chi connectivity index (χ2n) is 35.3. The van der Waals surface area contributed by atoms with E-state index < -0.39 is 91.5 Å². The first kappa shape index (κ1) is 127. The van der Waals surface area contributed by atoms with Crippen molar-refractivity contribution in [2.24, 2.45) is 0 Å². The van der Waals surface area contributed by atoms with E-state index in [-0.39, 0.29) is 19.3 Å². The molecule has 0 saturated heterocycles. The molecule has 0 rings (SSSR count). The number of carbonyl (C=O) groups is 3. The maximum absolute atomic E-state index is 13.1. The van der Waals surface area contributed by atoms with Gasteiger partial charge in [-0.05, 0) is 167 Å². The third-order valence-electron chi connectivity index (χ3n) is 22.5. The van der Waals surface area contributed by atoms with Gasteiger partial charge in [-0.3, -0.25) is 32.5 Å². The molecule has 5 unspecified atom stereocenters. The van der Waals surface area contributed by atoms with Crippen molar-refractivity contribution in [2.45, 2.75) is 463 Å². The van der Waals surface area contributed by atoms with Crippen LogP contribution in [0.15, 0.2) is 207 Å². The predicted octanol–water partition coefficient (Wildman–Crippen LogP) is 34.2. The third kappa shape index (κ3) is 106. The number of allylic oxidation sites excluding steroid dienone is 34. The van der Waals surface area contributed by atoms with Crippen LogP contribution in [-0.2, 0) is 55.8 Å². The van der Waals surface area contributed by atoms with Gasteiger partial charge < -0.3 is 34.2 Å². The van der Waals surface area contributed by atoms with Gasteiger partial charge in [0.2, 0.25) is 0 Å². The molecule has 0 spiro atoms. The molecule has 16 nitrogen and oxygen atoms in total. The fraction of sp³-hybridized carbons (Fsp3) is 0.678. The van der Waals surface area contributed by atoms with Crippen LogP contribution in [0, 0.1) is 0 Å². The van der Waals surface area contributed by atoms with Crippen molar-refractivity contribution < 1.29 is 75.8 Å². The number of carbonyl (C=O) groups excluding carboxylic acids is 3. The van der Waals surface area contributed by atoms with Gasteiger partial charge in [-0.2, -0.15) is 0 Å². The first-order valence-electron chi connectivity index (χ1n) is 53.4. The Hall–Kier alpha value is -5.87. The Morgan fingerprint density at radius 1 is 0.211 bits per heavy atom. The van der Waals surface area contributed by atoms with E-state index in [2.05, 4.69) is 227 Å². The Labute approximate surface area is 813 Å². The van der Waals surface area contributed by atoms with E-state index in [9.17, 15) is 43.5 Å². The number of rotatable bonds is 100. The minimum atomic E-state index is -4.95. The summed E-state index contributed by atoms with van der Waals surface area (Å²) in [5.41, 5.74) is 0. The average molecular weight is 1890 g/mol. The van der Waals surface area contributed by atoms with Crippen LogP contribution >= 0.6 is 15.6 Å². The molecule has 760 valence electrons. The van der Waals surface area contributed by atoms with E-state index in [0.717, 1.165) is 193 Å². The molecule has 0 aliphatic heterocycles. The molecule has 0 saturated carbocycles. The summed E-state index contributed by atoms with van der Waals surface area (Å²) in [6.07, 6.45) is 143. The summed E-state index contributed by atoms with van der Waals surface area (Å²) in [6, 6.07) is 0. The van der Waals surface area contributed by atoms with Crippen LogP contribution in [0.5, 0.6) is 0 Å². The van der Waals surface area contributed by atoms with E-state index in [1.807, 2.05) is 0 Å². The number of esters is 3. The van der Waals surface area contributed by atoms with E-state index >= 15 is 0 Å². The molecule has 0 aliphatic rings. The molecule has 0 amide bonds. The first-order chi connectivity index (χ1) is 65.2. The zero-order valence-corrected chi connectivity index (χ0v) is 86.1. The van der Waals surface area contributed by atoms with Crippen molar-refractivity contribution >= 4 is 33.6 Å². The van der Waals surface area contributed by atoms with Crippen LogP contribution in [0.4, 0.5) is 0 Å². The number of phosphoric ester groups is 2. The van der Waals surface area contributed by atoms with Crippen molar-refractivity contribution in [3.05, 3.63) is 207 Å². The van der Waals surface area contributed by atoms with Gasteiger partial charge in [0.1, 0.15) is 25.4 Å². The van der Waals surface area contributed by atoms with Crippen LogP contribution < -0.4 is 0 Å². The highest BCUT2D eigenvalue weighted by Gasteiger charge is 2.30. The average Bonchev–Trinajstić information content (AvgIpc) is 0.895. The molecule has 0 bridgehead atoms. The number of hydrogen-bond donors (Lipinski definition) is 4. The minimum absolute atomic E-state index is 0.0936. The first-order valence-corrected chi connectivity index (χ1v) is 56.4. The molecule has 0 aromatic rings. The Morgan fingerprint density at radius 2 is 0.376 bits per heavy atom. The standard InChI is InChI=1S/C115H194O16P2/c1-4-7-10-13-16-19-22-25-28-31-34-37-40-43-46-49-51-53-54-56-58-60-62-65-68-71-74-77-80-83-86-89-92-95-98-101-113(118)125-104-110(116)105-127-132(121,122)128-106-111(117)107-129-133(123,124)130-109-112(131-115(120)103-100-97-94-91-88-85-82-79-76-73-70-67-64-59-48-45-42-39-36-33-30-27-24-21-18-15-12-9-6-3)108-126-114(119)102-99-96-93-90-87-84-81-78-75-72-69-66-63-61-57-55-52-50-47-44-41-38-35-32-29-26-23-20-17-14-11-8-5-2/h7-12,16-21,25-30,34-39,43-48,52,55,64,67,110-112,116-117H,4-6,13-15,22-24,31-33,40-42,49-51,53-54,56-63,65-66,68-109H2,1-3H3,(H,121,122)(H,123,124)/b10-7-,11-8-,12-9-,19-16-,20-17-,21-18-,28-25-,29-26-,30-27-,37-34-,38-35-,39-36-,46-43-,47-44-,48-45-,55-52-,67-64-. The quantitative estimate of drug-likeness (QED) is 0.0146. The van der Waals surface area contributed by atoms with Gasteiger partial charge in [-0.15, -0.1) is 0 Å². The lowest BCUT2D eigenvalue weighted by Gasteiger charge is -2.21. The van der Waals surface area contributed by atoms with Gasteiger partial charge in [0.25, 0.3) is 0 Å². The van der Waals surface area contributed by atoms with Crippen LogP contribution in [0.3, 0.4) is 0 Å². The van der Waals surface area contributed by atoms with Crippen molar-refractivity contribution in [1.82, 2.24) is 0 Å². The lowest BCUT2D eigenvalue weighted by Crippen LogP contribution is -2.30. The number of hydrogen-bond acceptors (Lipinski definition) is 14. The highest BCUT2D eigenvalue weighted by molar-refractivity contribution is 7.47. The van der Waals surface area contributed by atoms with E-state index in [4.69, 9.17) is 32.3 Å². The Balaban J connectivity index is 4.61. The number of phosphoric acid groups is 2. The Morgan fingerprint density at radius 3 is 0.594 bits per heavy atom. The van der Waals surface area contributed by atoms with E-state index in [1.54, 1.807) is 0 Å². The molecule has 0 heterocycles. The number of aliphatic hydroxyl groups excluding tert-OH is 2. The smallest absolute Gasteiger partial charge is 0.463 e. The minimum Gasteiger partial charge on any atom is -0.463 e. The molecule has 4 N–H and O–H groups in total. The highest BCUT2D eigenvalue weighted by Crippen LogP contribution is 2.45. The van der Waals surface area contributed by atoms with Gasteiger partial charge in [0.15, 0.2) is 6.10 Å². The topological polar surface area (TPSA) is 231 Å². The highest BCUT2D eigenvalue weighted by atomic mass is 31.2. The lowest BCUT2D eigenvalue weighted by molar-refractivity contribution is -0.161. The van der Waals surface area contributed by atoms with Crippen molar-refractivity contribution in [3.8, 4) is 0 Å². The molecule has 0 aromatic carbocycles. The summed E-state index contributed by atoms with van der Waals surface area (Å²) in [4.78, 5) is 59.3. The lowest BCUT2D eigenvalue weighted by atomic mass is 10.0. The molecule has 133 heavy (non-hydrogen) atoms. The normalized spacial score (nSPS) is 14.4. The monoisotopic (exact) mass is 1890 g/mol. The molecular weight excluding hydrogens is 1700 g/mol. The van der Waals surface area contributed by atoms with Gasteiger partial charge in [0.05, 0.1) is 26.4 Å². The molecule has 0 fully saturated rings. The van der Waals surface area contributed by atoms with Crippen LogP contribution in [-0.4, -0.2) is 95.9 Å². The van der Waals surface area contributed by atoms with Crippen LogP contribution in [0.25, 0.3) is 0 Å².